The van der Waals surface area contributed by atoms with Gasteiger partial charge in [0, 0.05) is 0 Å². The molecule has 0 saturated heterocycles. The molecule has 1 aromatic carbocycles. The van der Waals surface area contributed by atoms with Crippen molar-refractivity contribution in [3.63, 3.8) is 0 Å². The molecule has 0 amide bonds. The molecule has 0 fully saturated rings. The summed E-state index contributed by atoms with van der Waals surface area (Å²) < 4.78 is 60.8. The smallest absolute Gasteiger partial charge is 0.244 e. The van der Waals surface area contributed by atoms with E-state index in [4.69, 9.17) is 5.14 Å². The van der Waals surface area contributed by atoms with Crippen molar-refractivity contribution < 1.29 is 21.2 Å². The van der Waals surface area contributed by atoms with Crippen molar-refractivity contribution in [3.05, 3.63) is 17.9 Å². The quantitative estimate of drug-likeness (QED) is 0.618. The summed E-state index contributed by atoms with van der Waals surface area (Å²) in [7, 11) is -8.09. The minimum Gasteiger partial charge on any atom is -0.368 e. The van der Waals surface area contributed by atoms with E-state index < -0.39 is 35.7 Å². The fourth-order valence-corrected chi connectivity index (χ4v) is 3.17. The number of primary sulfonamides is 1. The van der Waals surface area contributed by atoms with Crippen LogP contribution in [0.1, 0.15) is 0 Å². The van der Waals surface area contributed by atoms with Crippen LogP contribution in [0.5, 0.6) is 0 Å². The van der Waals surface area contributed by atoms with Gasteiger partial charge in [-0.1, -0.05) is 0 Å². The van der Waals surface area contributed by atoms with Crippen LogP contribution in [0.3, 0.4) is 0 Å². The molecule has 0 bridgehead atoms. The molecule has 2 rings (SSSR count). The first kappa shape index (κ1) is 12.2. The van der Waals surface area contributed by atoms with Gasteiger partial charge in [0.1, 0.15) is 10.7 Å². The standard InChI is InChI=1S/C7H8FN3O4S2/c8-5-1-4(16(9,12)13)2-6-7(5)10-3-11-17(6,14)15/h1-2,10-11H,3H2,(H2,9,12,13). The monoisotopic (exact) mass is 281 g/mol. The number of nitrogens with two attached hydrogens (primary N) is 1. The zero-order valence-electron chi connectivity index (χ0n) is 8.27. The Bertz CT molecular complexity index is 683. The lowest BCUT2D eigenvalue weighted by Crippen LogP contribution is -2.35. The summed E-state index contributed by atoms with van der Waals surface area (Å²) in [6.07, 6.45) is 0. The Hall–Kier alpha value is -1.23. The third-order valence-electron chi connectivity index (χ3n) is 2.17. The molecule has 4 N–H and O–H groups in total. The molecule has 0 saturated carbocycles. The molecule has 10 heteroatoms. The maximum atomic E-state index is 13.5. The lowest BCUT2D eigenvalue weighted by molar-refractivity contribution is 0.572. The van der Waals surface area contributed by atoms with Crippen LogP contribution in [-0.4, -0.2) is 23.5 Å². The van der Waals surface area contributed by atoms with Crippen LogP contribution in [0.25, 0.3) is 0 Å². The normalized spacial score (nSPS) is 18.2. The highest BCUT2D eigenvalue weighted by Crippen LogP contribution is 2.29. The topological polar surface area (TPSA) is 118 Å². The molecule has 0 radical (unpaired) electrons. The van der Waals surface area contributed by atoms with E-state index in [2.05, 4.69) is 10.0 Å². The molecule has 17 heavy (non-hydrogen) atoms. The van der Waals surface area contributed by atoms with Gasteiger partial charge >= 0.3 is 0 Å². The van der Waals surface area contributed by atoms with Crippen molar-refractivity contribution in [2.75, 3.05) is 12.0 Å². The molecule has 0 spiro atoms. The van der Waals surface area contributed by atoms with Crippen LogP contribution in [0.15, 0.2) is 21.9 Å². The Kier molecular flexibility index (Phi) is 2.61. The van der Waals surface area contributed by atoms with Crippen LogP contribution >= 0.6 is 0 Å². The van der Waals surface area contributed by atoms with E-state index in [1.165, 1.54) is 0 Å². The van der Waals surface area contributed by atoms with Crippen LogP contribution in [0.4, 0.5) is 10.1 Å². The van der Waals surface area contributed by atoms with E-state index in [1.54, 1.807) is 0 Å². The van der Waals surface area contributed by atoms with Gasteiger partial charge < -0.3 is 5.32 Å². The summed E-state index contributed by atoms with van der Waals surface area (Å²) in [5, 5.41) is 7.28. The Balaban J connectivity index is 2.80. The molecule has 7 nitrogen and oxygen atoms in total. The predicted octanol–water partition coefficient (Wildman–Crippen LogP) is -0.866. The van der Waals surface area contributed by atoms with Gasteiger partial charge in [-0.3, -0.25) is 0 Å². The second-order valence-electron chi connectivity index (χ2n) is 3.32. The summed E-state index contributed by atoms with van der Waals surface area (Å²) in [4.78, 5) is -1.07. The van der Waals surface area contributed by atoms with E-state index in [0.717, 1.165) is 6.07 Å². The van der Waals surface area contributed by atoms with Gasteiger partial charge in [-0.25, -0.2) is 26.4 Å². The van der Waals surface area contributed by atoms with Crippen molar-refractivity contribution >= 4 is 25.7 Å². The number of benzene rings is 1. The van der Waals surface area contributed by atoms with Gasteiger partial charge in [0.15, 0.2) is 0 Å². The molecular weight excluding hydrogens is 273 g/mol. The number of halogens is 1. The minimum atomic E-state index is -4.17. The fourth-order valence-electron chi connectivity index (χ4n) is 1.40. The van der Waals surface area contributed by atoms with Gasteiger partial charge in [0.25, 0.3) is 0 Å². The number of sulfonamides is 2. The van der Waals surface area contributed by atoms with E-state index in [9.17, 15) is 21.2 Å². The van der Waals surface area contributed by atoms with E-state index in [1.807, 2.05) is 0 Å². The fraction of sp³-hybridized carbons (Fsp3) is 0.143. The molecule has 0 unspecified atom stereocenters. The van der Waals surface area contributed by atoms with Crippen molar-refractivity contribution in [3.8, 4) is 0 Å². The van der Waals surface area contributed by atoms with Crippen LogP contribution < -0.4 is 15.2 Å². The van der Waals surface area contributed by atoms with Gasteiger partial charge in [-0.05, 0) is 12.1 Å². The Morgan fingerprint density at radius 1 is 1.35 bits per heavy atom. The van der Waals surface area contributed by atoms with Gasteiger partial charge in [0.05, 0.1) is 17.3 Å². The van der Waals surface area contributed by atoms with Crippen LogP contribution in [0, 0.1) is 5.82 Å². The molecule has 0 aromatic heterocycles. The second-order valence-corrected chi connectivity index (χ2v) is 6.62. The highest BCUT2D eigenvalue weighted by molar-refractivity contribution is 7.90. The molecule has 1 aliphatic rings. The Morgan fingerprint density at radius 2 is 2.00 bits per heavy atom. The lowest BCUT2D eigenvalue weighted by atomic mass is 10.3. The van der Waals surface area contributed by atoms with E-state index >= 15 is 0 Å². The number of rotatable bonds is 1. The van der Waals surface area contributed by atoms with Crippen molar-refractivity contribution in [2.45, 2.75) is 9.79 Å². The molecule has 1 aliphatic heterocycles. The van der Waals surface area contributed by atoms with Gasteiger partial charge in [-0.2, -0.15) is 4.72 Å². The second kappa shape index (κ2) is 3.63. The summed E-state index contributed by atoms with van der Waals surface area (Å²) in [5.74, 6) is -0.989. The number of hydrogen-bond donors (Lipinski definition) is 3. The number of fused-ring (bicyclic) bond motifs is 1. The maximum absolute atomic E-state index is 13.5. The predicted molar refractivity (Wildman–Crippen MR) is 56.6 cm³/mol. The van der Waals surface area contributed by atoms with E-state index in [-0.39, 0.29) is 12.4 Å². The van der Waals surface area contributed by atoms with Gasteiger partial charge in [-0.15, -0.1) is 0 Å². The highest BCUT2D eigenvalue weighted by atomic mass is 32.2. The summed E-state index contributed by atoms with van der Waals surface area (Å²) in [5.41, 5.74) is -0.267. The molecule has 94 valence electrons. The number of hydrogen-bond acceptors (Lipinski definition) is 5. The van der Waals surface area contributed by atoms with Crippen molar-refractivity contribution in [1.82, 2.24) is 4.72 Å². The maximum Gasteiger partial charge on any atom is 0.244 e. The highest BCUT2D eigenvalue weighted by Gasteiger charge is 2.28. The molecule has 0 atom stereocenters. The van der Waals surface area contributed by atoms with Crippen LogP contribution in [-0.2, 0) is 20.0 Å². The molecule has 1 heterocycles. The van der Waals surface area contributed by atoms with Crippen molar-refractivity contribution in [2.24, 2.45) is 5.14 Å². The van der Waals surface area contributed by atoms with E-state index in [0.29, 0.717) is 6.07 Å². The van der Waals surface area contributed by atoms with Crippen molar-refractivity contribution in [1.29, 1.82) is 0 Å². The zero-order chi connectivity index (χ0) is 12.8. The summed E-state index contributed by atoms with van der Waals surface area (Å²) in [6, 6.07) is 1.48. The lowest BCUT2D eigenvalue weighted by Gasteiger charge is -2.20. The molecular formula is C7H8FN3O4S2. The first-order valence-corrected chi connectivity index (χ1v) is 7.35. The number of nitrogens with one attached hydrogen (secondary N) is 2. The average Bonchev–Trinajstić information content (AvgIpc) is 2.17. The Labute approximate surface area is 96.9 Å². The first-order chi connectivity index (χ1) is 7.72. The summed E-state index contributed by atoms with van der Waals surface area (Å²) >= 11 is 0. The minimum absolute atomic E-state index is 0.166. The first-order valence-electron chi connectivity index (χ1n) is 4.32. The largest absolute Gasteiger partial charge is 0.368 e. The zero-order valence-corrected chi connectivity index (χ0v) is 9.90. The summed E-state index contributed by atoms with van der Waals surface area (Å²) in [6.45, 7) is -0.166. The Morgan fingerprint density at radius 3 is 2.59 bits per heavy atom. The van der Waals surface area contributed by atoms with Crippen LogP contribution in [0.2, 0.25) is 0 Å². The third-order valence-corrected chi connectivity index (χ3v) is 4.49. The van der Waals surface area contributed by atoms with Gasteiger partial charge in [0.2, 0.25) is 20.0 Å². The third kappa shape index (κ3) is 2.11. The number of anilines is 1. The molecule has 1 aromatic rings. The average molecular weight is 281 g/mol. The molecule has 0 aliphatic carbocycles. The SMILES string of the molecule is NS(=O)(=O)c1cc(F)c2c(c1)S(=O)(=O)NCN2.